The number of H-pyrrole nitrogens is 1. The van der Waals surface area contributed by atoms with Crippen LogP contribution in [0.2, 0.25) is 0 Å². The Balaban J connectivity index is 2.43. The normalized spacial score (nSPS) is 11.6. The third-order valence-electron chi connectivity index (χ3n) is 2.61. The van der Waals surface area contributed by atoms with E-state index in [-0.39, 0.29) is 0 Å². The lowest BCUT2D eigenvalue weighted by molar-refractivity contribution is -0.137. The summed E-state index contributed by atoms with van der Waals surface area (Å²) in [6.07, 6.45) is -3.73. The molecule has 1 N–H and O–H groups in total. The number of alkyl halides is 3. The lowest BCUT2D eigenvalue weighted by Gasteiger charge is -2.07. The molecule has 94 valence electrons. The Labute approximate surface area is 101 Å². The van der Waals surface area contributed by atoms with Crippen molar-refractivity contribution in [2.24, 2.45) is 0 Å². The van der Waals surface area contributed by atoms with Crippen LogP contribution in [0.15, 0.2) is 24.3 Å². The zero-order valence-electron chi connectivity index (χ0n) is 9.38. The predicted octanol–water partition coefficient (Wildman–Crippen LogP) is 3.22. The van der Waals surface area contributed by atoms with Gasteiger partial charge >= 0.3 is 6.18 Å². The Morgan fingerprint density at radius 3 is 2.33 bits per heavy atom. The fourth-order valence-electron chi connectivity index (χ4n) is 1.63. The van der Waals surface area contributed by atoms with Crippen LogP contribution in [0.25, 0.3) is 11.3 Å². The van der Waals surface area contributed by atoms with Crippen molar-refractivity contribution >= 4 is 6.29 Å². The number of hydrogen-bond acceptors (Lipinski definition) is 2. The van der Waals surface area contributed by atoms with Crippen molar-refractivity contribution < 1.29 is 18.0 Å². The summed E-state index contributed by atoms with van der Waals surface area (Å²) in [5, 5.41) is 6.49. The molecular formula is C12H9F3N2O. The molecule has 1 aromatic carbocycles. The van der Waals surface area contributed by atoms with E-state index in [0.717, 1.165) is 12.1 Å². The van der Waals surface area contributed by atoms with Gasteiger partial charge in [-0.15, -0.1) is 0 Å². The van der Waals surface area contributed by atoms with Gasteiger partial charge in [0.25, 0.3) is 0 Å². The van der Waals surface area contributed by atoms with Crippen molar-refractivity contribution in [3.63, 3.8) is 0 Å². The number of aromatic nitrogens is 2. The number of hydrogen-bond donors (Lipinski definition) is 1. The predicted molar refractivity (Wildman–Crippen MR) is 59.2 cm³/mol. The van der Waals surface area contributed by atoms with Crippen molar-refractivity contribution in [2.45, 2.75) is 13.1 Å². The zero-order valence-corrected chi connectivity index (χ0v) is 9.38. The van der Waals surface area contributed by atoms with Gasteiger partial charge in [0, 0.05) is 5.56 Å². The molecule has 0 saturated heterocycles. The van der Waals surface area contributed by atoms with Crippen LogP contribution in [-0.4, -0.2) is 16.5 Å². The Morgan fingerprint density at radius 1 is 1.22 bits per heavy atom. The molecule has 2 rings (SSSR count). The maximum atomic E-state index is 12.4. The molecule has 0 unspecified atom stereocenters. The SMILES string of the molecule is Cc1n[nH]c(-c2ccc(C(F)(F)F)cc2)c1C=O. The van der Waals surface area contributed by atoms with Gasteiger partial charge in [0.15, 0.2) is 6.29 Å². The van der Waals surface area contributed by atoms with Crippen LogP contribution < -0.4 is 0 Å². The van der Waals surface area contributed by atoms with Gasteiger partial charge in [-0.1, -0.05) is 12.1 Å². The maximum absolute atomic E-state index is 12.4. The molecule has 0 radical (unpaired) electrons. The highest BCUT2D eigenvalue weighted by atomic mass is 19.4. The van der Waals surface area contributed by atoms with Crippen LogP contribution in [0.4, 0.5) is 13.2 Å². The summed E-state index contributed by atoms with van der Waals surface area (Å²) in [5.74, 6) is 0. The average molecular weight is 254 g/mol. The van der Waals surface area contributed by atoms with E-state index in [1.165, 1.54) is 12.1 Å². The first kappa shape index (κ1) is 12.3. The molecule has 0 fully saturated rings. The van der Waals surface area contributed by atoms with Crippen molar-refractivity contribution in [3.05, 3.63) is 41.1 Å². The number of carbonyl (C=O) groups excluding carboxylic acids is 1. The van der Waals surface area contributed by atoms with Gasteiger partial charge in [0.1, 0.15) is 0 Å². The minimum Gasteiger partial charge on any atom is -0.298 e. The molecule has 0 aliphatic rings. The molecule has 1 heterocycles. The average Bonchev–Trinajstić information content (AvgIpc) is 2.69. The highest BCUT2D eigenvalue weighted by molar-refractivity contribution is 5.87. The van der Waals surface area contributed by atoms with Crippen LogP contribution in [-0.2, 0) is 6.18 Å². The second-order valence-electron chi connectivity index (χ2n) is 3.79. The van der Waals surface area contributed by atoms with Gasteiger partial charge in [0.2, 0.25) is 0 Å². The van der Waals surface area contributed by atoms with Crippen LogP contribution in [0.5, 0.6) is 0 Å². The first-order valence-electron chi connectivity index (χ1n) is 5.11. The number of carbonyl (C=O) groups is 1. The lowest BCUT2D eigenvalue weighted by atomic mass is 10.1. The Hall–Kier alpha value is -2.11. The Bertz CT molecular complexity index is 570. The van der Waals surface area contributed by atoms with Gasteiger partial charge < -0.3 is 0 Å². The van der Waals surface area contributed by atoms with Crippen LogP contribution >= 0.6 is 0 Å². The highest BCUT2D eigenvalue weighted by Gasteiger charge is 2.30. The number of rotatable bonds is 2. The highest BCUT2D eigenvalue weighted by Crippen LogP contribution is 2.31. The summed E-state index contributed by atoms with van der Waals surface area (Å²) in [6.45, 7) is 1.65. The van der Waals surface area contributed by atoms with Gasteiger partial charge in [-0.25, -0.2) is 0 Å². The summed E-state index contributed by atoms with van der Waals surface area (Å²) >= 11 is 0. The Morgan fingerprint density at radius 2 is 1.83 bits per heavy atom. The minimum atomic E-state index is -4.37. The molecule has 2 aromatic rings. The fourth-order valence-corrected chi connectivity index (χ4v) is 1.63. The summed E-state index contributed by atoms with van der Waals surface area (Å²) in [4.78, 5) is 10.9. The van der Waals surface area contributed by atoms with Crippen molar-refractivity contribution in [1.29, 1.82) is 0 Å². The Kier molecular flexibility index (Phi) is 2.94. The van der Waals surface area contributed by atoms with Crippen molar-refractivity contribution in [2.75, 3.05) is 0 Å². The number of aryl methyl sites for hydroxylation is 1. The number of benzene rings is 1. The second kappa shape index (κ2) is 4.29. The van der Waals surface area contributed by atoms with Crippen molar-refractivity contribution in [1.82, 2.24) is 10.2 Å². The molecule has 18 heavy (non-hydrogen) atoms. The second-order valence-corrected chi connectivity index (χ2v) is 3.79. The summed E-state index contributed by atoms with van der Waals surface area (Å²) in [6, 6.07) is 4.56. The number of aromatic amines is 1. The lowest BCUT2D eigenvalue weighted by Crippen LogP contribution is -2.04. The molecule has 3 nitrogen and oxygen atoms in total. The standard InChI is InChI=1S/C12H9F3N2O/c1-7-10(6-18)11(17-16-7)8-2-4-9(5-3-8)12(13,14)15/h2-6H,1H3,(H,16,17). The molecular weight excluding hydrogens is 245 g/mol. The van der Waals surface area contributed by atoms with Gasteiger partial charge in [0.05, 0.1) is 22.5 Å². The van der Waals surface area contributed by atoms with E-state index in [1.54, 1.807) is 6.92 Å². The van der Waals surface area contributed by atoms with E-state index in [2.05, 4.69) is 10.2 Å². The topological polar surface area (TPSA) is 45.8 Å². The molecule has 0 atom stereocenters. The fraction of sp³-hybridized carbons (Fsp3) is 0.167. The molecule has 6 heteroatoms. The van der Waals surface area contributed by atoms with E-state index in [1.807, 2.05) is 0 Å². The summed E-state index contributed by atoms with van der Waals surface area (Å²) in [7, 11) is 0. The molecule has 1 aromatic heterocycles. The van der Waals surface area contributed by atoms with Gasteiger partial charge in [-0.05, 0) is 19.1 Å². The minimum absolute atomic E-state index is 0.356. The van der Waals surface area contributed by atoms with Gasteiger partial charge in [-0.2, -0.15) is 18.3 Å². The zero-order chi connectivity index (χ0) is 13.3. The third kappa shape index (κ3) is 2.13. The van der Waals surface area contributed by atoms with Gasteiger partial charge in [-0.3, -0.25) is 9.89 Å². The monoisotopic (exact) mass is 254 g/mol. The third-order valence-corrected chi connectivity index (χ3v) is 2.61. The molecule has 0 saturated carbocycles. The van der Waals surface area contributed by atoms with Crippen LogP contribution in [0.1, 0.15) is 21.6 Å². The first-order valence-corrected chi connectivity index (χ1v) is 5.11. The number of nitrogens with zero attached hydrogens (tertiary/aromatic N) is 1. The number of nitrogens with one attached hydrogen (secondary N) is 1. The van der Waals surface area contributed by atoms with E-state index in [4.69, 9.17) is 0 Å². The number of aldehydes is 1. The van der Waals surface area contributed by atoms with E-state index < -0.39 is 11.7 Å². The van der Waals surface area contributed by atoms with E-state index in [9.17, 15) is 18.0 Å². The summed E-state index contributed by atoms with van der Waals surface area (Å²) < 4.78 is 37.2. The largest absolute Gasteiger partial charge is 0.416 e. The van der Waals surface area contributed by atoms with Crippen molar-refractivity contribution in [3.8, 4) is 11.3 Å². The molecule has 0 aliphatic heterocycles. The quantitative estimate of drug-likeness (QED) is 0.836. The number of halogens is 3. The molecule has 0 spiro atoms. The maximum Gasteiger partial charge on any atom is 0.416 e. The van der Waals surface area contributed by atoms with E-state index >= 15 is 0 Å². The van der Waals surface area contributed by atoms with E-state index in [0.29, 0.717) is 28.8 Å². The first-order chi connectivity index (χ1) is 8.43. The molecule has 0 aliphatic carbocycles. The molecule has 0 amide bonds. The smallest absolute Gasteiger partial charge is 0.298 e. The molecule has 0 bridgehead atoms. The summed E-state index contributed by atoms with van der Waals surface area (Å²) in [5.41, 5.74) is 1.06. The van der Waals surface area contributed by atoms with Crippen LogP contribution in [0.3, 0.4) is 0 Å². The van der Waals surface area contributed by atoms with Crippen LogP contribution in [0, 0.1) is 6.92 Å².